The fraction of sp³-hybridized carbons (Fsp3) is 0.364. The maximum Gasteiger partial charge on any atom is 0.416 e. The second-order valence-corrected chi connectivity index (χ2v) is 5.91. The van der Waals surface area contributed by atoms with E-state index in [2.05, 4.69) is 4.74 Å². The van der Waals surface area contributed by atoms with E-state index in [4.69, 9.17) is 0 Å². The highest BCUT2D eigenvalue weighted by molar-refractivity contribution is 7.89. The van der Waals surface area contributed by atoms with Gasteiger partial charge in [-0.3, -0.25) is 4.79 Å². The largest absolute Gasteiger partial charge is 0.468 e. The zero-order valence-electron chi connectivity index (χ0n) is 10.6. The molecule has 0 bridgehead atoms. The maximum absolute atomic E-state index is 12.5. The van der Waals surface area contributed by atoms with E-state index in [1.54, 1.807) is 0 Å². The summed E-state index contributed by atoms with van der Waals surface area (Å²) in [6.07, 6.45) is -4.65. The molecule has 0 heterocycles. The van der Waals surface area contributed by atoms with Gasteiger partial charge in [-0.1, -0.05) is 6.07 Å². The molecule has 1 aromatic rings. The first-order valence-corrected chi connectivity index (χ1v) is 6.73. The van der Waals surface area contributed by atoms with Gasteiger partial charge in [0.2, 0.25) is 10.0 Å². The first kappa shape index (κ1) is 16.4. The van der Waals surface area contributed by atoms with Gasteiger partial charge in [0.1, 0.15) is 6.54 Å². The van der Waals surface area contributed by atoms with Crippen LogP contribution in [-0.4, -0.2) is 39.4 Å². The van der Waals surface area contributed by atoms with Crippen molar-refractivity contribution in [2.24, 2.45) is 0 Å². The fourth-order valence-electron chi connectivity index (χ4n) is 1.34. The van der Waals surface area contributed by atoms with Crippen molar-refractivity contribution in [3.8, 4) is 0 Å². The number of likely N-dealkylation sites (N-methyl/N-ethyl adjacent to an activating group) is 1. The van der Waals surface area contributed by atoms with Gasteiger partial charge in [-0.2, -0.15) is 17.5 Å². The average molecular weight is 311 g/mol. The summed E-state index contributed by atoms with van der Waals surface area (Å²) in [5, 5.41) is 0. The average Bonchev–Trinajstić information content (AvgIpc) is 2.37. The Morgan fingerprint density at radius 3 is 2.45 bits per heavy atom. The Kier molecular flexibility index (Phi) is 4.77. The maximum atomic E-state index is 12.5. The zero-order chi connectivity index (χ0) is 15.6. The van der Waals surface area contributed by atoms with Crippen LogP contribution >= 0.6 is 0 Å². The molecule has 0 spiro atoms. The number of hydrogen-bond acceptors (Lipinski definition) is 4. The highest BCUT2D eigenvalue weighted by Crippen LogP contribution is 2.30. The number of nitrogens with zero attached hydrogens (tertiary/aromatic N) is 1. The summed E-state index contributed by atoms with van der Waals surface area (Å²) in [6, 6.07) is 3.29. The summed E-state index contributed by atoms with van der Waals surface area (Å²) in [7, 11) is -2.04. The smallest absolute Gasteiger partial charge is 0.416 e. The number of carbonyl (C=O) groups is 1. The Labute approximate surface area is 114 Å². The van der Waals surface area contributed by atoms with E-state index in [-0.39, 0.29) is 0 Å². The molecule has 0 saturated heterocycles. The summed E-state index contributed by atoms with van der Waals surface area (Å²) in [5.74, 6) is -0.817. The van der Waals surface area contributed by atoms with Crippen LogP contribution in [0.5, 0.6) is 0 Å². The summed E-state index contributed by atoms with van der Waals surface area (Å²) < 4.78 is 66.6. The van der Waals surface area contributed by atoms with Gasteiger partial charge in [-0.25, -0.2) is 8.42 Å². The molecular formula is C11H12F3NO4S. The van der Waals surface area contributed by atoms with Gasteiger partial charge in [-0.15, -0.1) is 0 Å². The van der Waals surface area contributed by atoms with Crippen LogP contribution in [0.1, 0.15) is 5.56 Å². The number of benzene rings is 1. The second kappa shape index (κ2) is 5.80. The van der Waals surface area contributed by atoms with Crippen LogP contribution in [0.25, 0.3) is 0 Å². The van der Waals surface area contributed by atoms with Gasteiger partial charge >= 0.3 is 12.1 Å². The molecule has 0 unspecified atom stereocenters. The first-order chi connectivity index (χ1) is 9.09. The van der Waals surface area contributed by atoms with Gasteiger partial charge in [0, 0.05) is 7.05 Å². The van der Waals surface area contributed by atoms with Crippen molar-refractivity contribution in [3.05, 3.63) is 29.8 Å². The lowest BCUT2D eigenvalue weighted by Gasteiger charge is -2.16. The number of halogens is 3. The number of rotatable bonds is 4. The van der Waals surface area contributed by atoms with Crippen LogP contribution in [-0.2, 0) is 25.7 Å². The summed E-state index contributed by atoms with van der Waals surface area (Å²) in [5.41, 5.74) is -1.08. The molecule has 5 nitrogen and oxygen atoms in total. The van der Waals surface area contributed by atoms with Crippen molar-refractivity contribution in [2.45, 2.75) is 11.1 Å². The van der Waals surface area contributed by atoms with Crippen molar-refractivity contribution in [2.75, 3.05) is 20.7 Å². The molecule has 9 heteroatoms. The molecule has 0 amide bonds. The van der Waals surface area contributed by atoms with Crippen LogP contribution in [0.2, 0.25) is 0 Å². The molecular weight excluding hydrogens is 299 g/mol. The Morgan fingerprint density at radius 2 is 1.95 bits per heavy atom. The van der Waals surface area contributed by atoms with Crippen molar-refractivity contribution in [1.29, 1.82) is 0 Å². The van der Waals surface area contributed by atoms with Gasteiger partial charge in [0.15, 0.2) is 0 Å². The number of ether oxygens (including phenoxy) is 1. The van der Waals surface area contributed by atoms with E-state index in [1.807, 2.05) is 0 Å². The van der Waals surface area contributed by atoms with Crippen molar-refractivity contribution < 1.29 is 31.1 Å². The fourth-order valence-corrected chi connectivity index (χ4v) is 2.51. The number of alkyl halides is 3. The van der Waals surface area contributed by atoms with Crippen LogP contribution in [0.15, 0.2) is 29.2 Å². The van der Waals surface area contributed by atoms with Gasteiger partial charge in [-0.05, 0) is 18.2 Å². The number of methoxy groups -OCH3 is 1. The van der Waals surface area contributed by atoms with E-state index >= 15 is 0 Å². The standard InChI is InChI=1S/C11H12F3NO4S/c1-15(7-10(16)19-2)20(17,18)9-5-3-4-8(6-9)11(12,13)14/h3-6H,7H2,1-2H3. The van der Waals surface area contributed by atoms with E-state index in [0.29, 0.717) is 10.4 Å². The Morgan fingerprint density at radius 1 is 1.35 bits per heavy atom. The molecule has 112 valence electrons. The molecule has 0 saturated carbocycles. The third-order valence-electron chi connectivity index (χ3n) is 2.45. The van der Waals surface area contributed by atoms with E-state index in [0.717, 1.165) is 32.4 Å². The Balaban J connectivity index is 3.13. The molecule has 0 N–H and O–H groups in total. The minimum absolute atomic E-state index is 0.517. The van der Waals surface area contributed by atoms with E-state index in [9.17, 15) is 26.4 Å². The number of carbonyl (C=O) groups excluding carboxylic acids is 1. The molecule has 0 atom stereocenters. The highest BCUT2D eigenvalue weighted by atomic mass is 32.2. The van der Waals surface area contributed by atoms with Crippen LogP contribution in [0, 0.1) is 0 Å². The predicted molar refractivity (Wildman–Crippen MR) is 63.3 cm³/mol. The van der Waals surface area contributed by atoms with Crippen LogP contribution < -0.4 is 0 Å². The minimum Gasteiger partial charge on any atom is -0.468 e. The normalized spacial score (nSPS) is 12.5. The minimum atomic E-state index is -4.65. The Bertz CT molecular complexity index is 598. The van der Waals surface area contributed by atoms with Crippen molar-refractivity contribution >= 4 is 16.0 Å². The second-order valence-electron chi connectivity index (χ2n) is 3.86. The molecule has 1 rings (SSSR count). The van der Waals surface area contributed by atoms with Gasteiger partial charge in [0.05, 0.1) is 17.6 Å². The first-order valence-electron chi connectivity index (χ1n) is 5.29. The lowest BCUT2D eigenvalue weighted by molar-refractivity contribution is -0.140. The molecule has 0 fully saturated rings. The summed E-state index contributed by atoms with van der Waals surface area (Å²) in [4.78, 5) is 10.5. The number of esters is 1. The lowest BCUT2D eigenvalue weighted by Crippen LogP contribution is -2.32. The summed E-state index contributed by atoms with van der Waals surface area (Å²) >= 11 is 0. The molecule has 0 aliphatic rings. The molecule has 0 aliphatic heterocycles. The predicted octanol–water partition coefficient (Wildman–Crippen LogP) is 1.50. The number of hydrogen-bond donors (Lipinski definition) is 0. The SMILES string of the molecule is COC(=O)CN(C)S(=O)(=O)c1cccc(C(F)(F)F)c1. The van der Waals surface area contributed by atoms with Gasteiger partial charge < -0.3 is 4.74 Å². The lowest BCUT2D eigenvalue weighted by atomic mass is 10.2. The monoisotopic (exact) mass is 311 g/mol. The molecule has 20 heavy (non-hydrogen) atoms. The quantitative estimate of drug-likeness (QED) is 0.791. The van der Waals surface area contributed by atoms with Gasteiger partial charge in [0.25, 0.3) is 0 Å². The van der Waals surface area contributed by atoms with Crippen molar-refractivity contribution in [1.82, 2.24) is 4.31 Å². The van der Waals surface area contributed by atoms with E-state index < -0.39 is 39.2 Å². The molecule has 0 aromatic heterocycles. The van der Waals surface area contributed by atoms with Crippen LogP contribution in [0.3, 0.4) is 0 Å². The number of sulfonamides is 1. The topological polar surface area (TPSA) is 63.7 Å². The molecule has 1 aromatic carbocycles. The van der Waals surface area contributed by atoms with Crippen LogP contribution in [0.4, 0.5) is 13.2 Å². The Hall–Kier alpha value is -1.61. The third-order valence-corrected chi connectivity index (χ3v) is 4.25. The third kappa shape index (κ3) is 3.70. The summed E-state index contributed by atoms with van der Waals surface area (Å²) in [6.45, 7) is -0.588. The zero-order valence-corrected chi connectivity index (χ0v) is 11.5. The molecule has 0 radical (unpaired) electrons. The molecule has 0 aliphatic carbocycles. The van der Waals surface area contributed by atoms with Crippen molar-refractivity contribution in [3.63, 3.8) is 0 Å². The highest BCUT2D eigenvalue weighted by Gasteiger charge is 2.32. The van der Waals surface area contributed by atoms with E-state index in [1.165, 1.54) is 0 Å².